The number of hydrogen-bond donors (Lipinski definition) is 1. The molecule has 2 aromatic rings. The van der Waals surface area contributed by atoms with Crippen molar-refractivity contribution >= 4 is 40.5 Å². The molecule has 2 saturated heterocycles. The number of nitrogens with one attached hydrogen (secondary N) is 1. The van der Waals surface area contributed by atoms with Crippen molar-refractivity contribution in [1.82, 2.24) is 4.90 Å². The third kappa shape index (κ3) is 5.09. The third-order valence-electron chi connectivity index (χ3n) is 6.50. The molecule has 0 aliphatic carbocycles. The zero-order chi connectivity index (χ0) is 23.5. The molecule has 2 aromatic carbocycles. The van der Waals surface area contributed by atoms with Gasteiger partial charge in [-0.2, -0.15) is 0 Å². The van der Waals surface area contributed by atoms with Crippen LogP contribution in [0, 0.1) is 12.8 Å². The van der Waals surface area contributed by atoms with E-state index in [1.807, 2.05) is 37.3 Å². The highest BCUT2D eigenvalue weighted by atomic mass is 35.5. The van der Waals surface area contributed by atoms with Gasteiger partial charge in [0, 0.05) is 44.2 Å². The lowest BCUT2D eigenvalue weighted by Gasteiger charge is -2.36. The van der Waals surface area contributed by atoms with Gasteiger partial charge in [0.1, 0.15) is 5.75 Å². The Morgan fingerprint density at radius 1 is 1.12 bits per heavy atom. The summed E-state index contributed by atoms with van der Waals surface area (Å²) in [6.07, 6.45) is 0.161. The lowest BCUT2D eigenvalue weighted by atomic mass is 10.1. The fourth-order valence-corrected chi connectivity index (χ4v) is 4.72. The summed E-state index contributed by atoms with van der Waals surface area (Å²) < 4.78 is 5.45. The molecular formula is C25H31ClN4O3. The minimum absolute atomic E-state index is 0.0824. The van der Waals surface area contributed by atoms with Crippen LogP contribution in [0.4, 0.5) is 17.1 Å². The Morgan fingerprint density at radius 2 is 1.88 bits per heavy atom. The number of benzene rings is 2. The molecule has 2 heterocycles. The van der Waals surface area contributed by atoms with Crippen LogP contribution in [0.15, 0.2) is 36.4 Å². The van der Waals surface area contributed by atoms with E-state index < -0.39 is 5.92 Å². The van der Waals surface area contributed by atoms with E-state index in [2.05, 4.69) is 22.0 Å². The van der Waals surface area contributed by atoms with Gasteiger partial charge in [0.25, 0.3) is 0 Å². The molecule has 0 saturated carbocycles. The van der Waals surface area contributed by atoms with Gasteiger partial charge < -0.3 is 24.8 Å². The van der Waals surface area contributed by atoms with E-state index in [0.717, 1.165) is 44.0 Å². The van der Waals surface area contributed by atoms with E-state index in [1.165, 1.54) is 0 Å². The van der Waals surface area contributed by atoms with Gasteiger partial charge in [-0.3, -0.25) is 9.59 Å². The number of hydrogen-bond acceptors (Lipinski definition) is 5. The van der Waals surface area contributed by atoms with Crippen molar-refractivity contribution in [1.29, 1.82) is 0 Å². The Morgan fingerprint density at radius 3 is 2.58 bits per heavy atom. The van der Waals surface area contributed by atoms with Gasteiger partial charge >= 0.3 is 0 Å². The van der Waals surface area contributed by atoms with Crippen molar-refractivity contribution in [3.8, 4) is 5.75 Å². The summed E-state index contributed by atoms with van der Waals surface area (Å²) in [7, 11) is 1.58. The Labute approximate surface area is 200 Å². The molecule has 0 aromatic heterocycles. The summed E-state index contributed by atoms with van der Waals surface area (Å²) in [6.45, 7) is 9.23. The van der Waals surface area contributed by atoms with Crippen LogP contribution in [-0.2, 0) is 9.59 Å². The van der Waals surface area contributed by atoms with Crippen LogP contribution in [0.5, 0.6) is 5.75 Å². The second-order valence-corrected chi connectivity index (χ2v) is 9.09. The summed E-state index contributed by atoms with van der Waals surface area (Å²) in [5.74, 6) is -0.0842. The van der Waals surface area contributed by atoms with Crippen LogP contribution in [0.25, 0.3) is 0 Å². The molecule has 176 valence electrons. The van der Waals surface area contributed by atoms with Gasteiger partial charge in [-0.25, -0.2) is 0 Å². The number of aryl methyl sites for hydroxylation is 1. The average Bonchev–Trinajstić information content (AvgIpc) is 3.21. The fourth-order valence-electron chi connectivity index (χ4n) is 4.55. The van der Waals surface area contributed by atoms with Gasteiger partial charge in [-0.15, -0.1) is 0 Å². The van der Waals surface area contributed by atoms with Crippen molar-refractivity contribution in [2.45, 2.75) is 20.3 Å². The van der Waals surface area contributed by atoms with E-state index in [9.17, 15) is 9.59 Å². The number of methoxy groups -OCH3 is 1. The number of carbonyl (C=O) groups excluding carboxylic acids is 2. The van der Waals surface area contributed by atoms with E-state index in [0.29, 0.717) is 28.7 Å². The number of halogens is 1. The van der Waals surface area contributed by atoms with Gasteiger partial charge in [-0.1, -0.05) is 24.6 Å². The number of carbonyl (C=O) groups is 2. The molecule has 2 amide bonds. The Bertz CT molecular complexity index is 1040. The Kier molecular flexibility index (Phi) is 7.10. The third-order valence-corrected chi connectivity index (χ3v) is 6.73. The molecule has 0 spiro atoms. The van der Waals surface area contributed by atoms with Crippen LogP contribution in [0.2, 0.25) is 5.02 Å². The van der Waals surface area contributed by atoms with Crippen molar-refractivity contribution in [3.05, 3.63) is 47.0 Å². The molecule has 33 heavy (non-hydrogen) atoms. The minimum Gasteiger partial charge on any atom is -0.495 e. The normalized spacial score (nSPS) is 19.2. The standard InChI is InChI=1S/C25H31ClN4O3/c1-4-28-9-11-29(12-10-28)21-7-6-19(26)15-20(21)27-25(32)18-14-24(31)30(16-18)22-13-17(2)5-8-23(22)33-3/h5-8,13,15,18H,4,9-12,14,16H2,1-3H3,(H,27,32). The predicted octanol–water partition coefficient (Wildman–Crippen LogP) is 3.79. The molecule has 1 N–H and O–H groups in total. The van der Waals surface area contributed by atoms with Gasteiger partial charge in [0.05, 0.1) is 30.1 Å². The first kappa shape index (κ1) is 23.4. The maximum absolute atomic E-state index is 13.2. The van der Waals surface area contributed by atoms with Crippen molar-refractivity contribution in [2.75, 3.05) is 61.5 Å². The van der Waals surface area contributed by atoms with E-state index in [-0.39, 0.29) is 18.2 Å². The van der Waals surface area contributed by atoms with Gasteiger partial charge in [0.15, 0.2) is 0 Å². The first-order valence-electron chi connectivity index (χ1n) is 11.4. The summed E-state index contributed by atoms with van der Waals surface area (Å²) in [6, 6.07) is 11.3. The topological polar surface area (TPSA) is 65.1 Å². The second-order valence-electron chi connectivity index (χ2n) is 8.65. The molecule has 2 aliphatic rings. The van der Waals surface area contributed by atoms with Crippen LogP contribution in [0.3, 0.4) is 0 Å². The fraction of sp³-hybridized carbons (Fsp3) is 0.440. The molecule has 4 rings (SSSR count). The smallest absolute Gasteiger partial charge is 0.229 e. The van der Waals surface area contributed by atoms with Crippen LogP contribution in [-0.4, -0.2) is 63.1 Å². The second kappa shape index (κ2) is 10.0. The highest BCUT2D eigenvalue weighted by Gasteiger charge is 2.36. The minimum atomic E-state index is -0.452. The molecule has 0 bridgehead atoms. The zero-order valence-electron chi connectivity index (χ0n) is 19.4. The van der Waals surface area contributed by atoms with E-state index in [1.54, 1.807) is 18.1 Å². The highest BCUT2D eigenvalue weighted by Crippen LogP contribution is 2.35. The Hall–Kier alpha value is -2.77. The van der Waals surface area contributed by atoms with Crippen molar-refractivity contribution in [3.63, 3.8) is 0 Å². The van der Waals surface area contributed by atoms with Gasteiger partial charge in [0.2, 0.25) is 11.8 Å². The summed E-state index contributed by atoms with van der Waals surface area (Å²) in [4.78, 5) is 32.4. The molecule has 2 aliphatic heterocycles. The molecular weight excluding hydrogens is 440 g/mol. The molecule has 1 unspecified atom stereocenters. The highest BCUT2D eigenvalue weighted by molar-refractivity contribution is 6.31. The van der Waals surface area contributed by atoms with Crippen LogP contribution >= 0.6 is 11.6 Å². The monoisotopic (exact) mass is 470 g/mol. The number of amides is 2. The molecule has 2 fully saturated rings. The number of rotatable bonds is 6. The van der Waals surface area contributed by atoms with Crippen LogP contribution in [0.1, 0.15) is 18.9 Å². The van der Waals surface area contributed by atoms with E-state index >= 15 is 0 Å². The number of nitrogens with zero attached hydrogens (tertiary/aromatic N) is 3. The first-order chi connectivity index (χ1) is 15.9. The zero-order valence-corrected chi connectivity index (χ0v) is 20.2. The summed E-state index contributed by atoms with van der Waals surface area (Å²) in [5, 5.41) is 3.62. The van der Waals surface area contributed by atoms with Gasteiger partial charge in [-0.05, 0) is 49.4 Å². The van der Waals surface area contributed by atoms with Crippen molar-refractivity contribution in [2.24, 2.45) is 5.92 Å². The first-order valence-corrected chi connectivity index (χ1v) is 11.8. The van der Waals surface area contributed by atoms with Crippen LogP contribution < -0.4 is 19.9 Å². The lowest BCUT2D eigenvalue weighted by molar-refractivity contribution is -0.122. The quantitative estimate of drug-likeness (QED) is 0.695. The Balaban J connectivity index is 1.50. The molecule has 7 nitrogen and oxygen atoms in total. The van der Waals surface area contributed by atoms with E-state index in [4.69, 9.17) is 16.3 Å². The summed E-state index contributed by atoms with van der Waals surface area (Å²) in [5.41, 5.74) is 3.38. The molecule has 0 radical (unpaired) electrons. The largest absolute Gasteiger partial charge is 0.495 e. The molecule has 8 heteroatoms. The predicted molar refractivity (Wildman–Crippen MR) is 133 cm³/mol. The maximum Gasteiger partial charge on any atom is 0.229 e. The number of anilines is 3. The SMILES string of the molecule is CCN1CCN(c2ccc(Cl)cc2NC(=O)C2CC(=O)N(c3cc(C)ccc3OC)C2)CC1. The number of piperazine rings is 1. The lowest BCUT2D eigenvalue weighted by Crippen LogP contribution is -2.46. The number of likely N-dealkylation sites (N-methyl/N-ethyl adjacent to an activating group) is 1. The average molecular weight is 471 g/mol. The van der Waals surface area contributed by atoms with Crippen molar-refractivity contribution < 1.29 is 14.3 Å². The summed E-state index contributed by atoms with van der Waals surface area (Å²) >= 11 is 6.26. The maximum atomic E-state index is 13.2. The number of ether oxygens (including phenoxy) is 1. The molecule has 1 atom stereocenters.